The number of hydrogen-bond acceptors (Lipinski definition) is 3. The molecule has 0 spiro atoms. The number of anilines is 1. The van der Waals surface area contributed by atoms with Crippen LogP contribution in [0.15, 0.2) is 53.4 Å². The molecule has 0 aliphatic rings. The number of para-hydroxylation sites is 1. The average molecular weight is 367 g/mol. The van der Waals surface area contributed by atoms with E-state index in [-0.39, 0.29) is 28.1 Å². The molecule has 0 aliphatic carbocycles. The number of halogens is 1. The van der Waals surface area contributed by atoms with Gasteiger partial charge in [0.2, 0.25) is 0 Å². The van der Waals surface area contributed by atoms with Gasteiger partial charge in [0.05, 0.1) is 16.1 Å². The van der Waals surface area contributed by atoms with Gasteiger partial charge in [0.15, 0.2) is 0 Å². The molecule has 2 aromatic carbocycles. The van der Waals surface area contributed by atoms with Gasteiger partial charge in [-0.1, -0.05) is 30.7 Å². The van der Waals surface area contributed by atoms with Gasteiger partial charge in [-0.05, 0) is 49.7 Å². The Bertz CT molecular complexity index is 820. The Hall–Kier alpha value is -2.05. The number of sulfonamides is 1. The average Bonchev–Trinajstić information content (AvgIpc) is 2.55. The summed E-state index contributed by atoms with van der Waals surface area (Å²) in [6.07, 6.45) is 0.782. The molecule has 2 aromatic rings. The maximum absolute atomic E-state index is 12.5. The number of rotatable bonds is 6. The zero-order valence-corrected chi connectivity index (χ0v) is 15.0. The van der Waals surface area contributed by atoms with Gasteiger partial charge in [0, 0.05) is 11.1 Å². The number of nitrogens with one attached hydrogen (secondary N) is 2. The second-order valence-electron chi connectivity index (χ2n) is 5.39. The fourth-order valence-corrected chi connectivity index (χ4v) is 3.20. The Morgan fingerprint density at radius 2 is 1.75 bits per heavy atom. The summed E-state index contributed by atoms with van der Waals surface area (Å²) in [5.74, 6) is -0.321. The van der Waals surface area contributed by atoms with Crippen LogP contribution >= 0.6 is 11.6 Å². The van der Waals surface area contributed by atoms with Crippen molar-refractivity contribution in [3.8, 4) is 0 Å². The third-order valence-electron chi connectivity index (χ3n) is 3.53. The molecule has 0 heterocycles. The Morgan fingerprint density at radius 3 is 2.38 bits per heavy atom. The third-order valence-corrected chi connectivity index (χ3v) is 5.16. The van der Waals surface area contributed by atoms with Gasteiger partial charge in [-0.25, -0.2) is 8.42 Å². The van der Waals surface area contributed by atoms with E-state index in [1.807, 2.05) is 13.8 Å². The summed E-state index contributed by atoms with van der Waals surface area (Å²) in [6.45, 7) is 3.85. The normalized spacial score (nSPS) is 12.5. The molecule has 7 heteroatoms. The monoisotopic (exact) mass is 366 g/mol. The molecule has 0 aromatic heterocycles. The van der Waals surface area contributed by atoms with Crippen molar-refractivity contribution < 1.29 is 13.2 Å². The molecule has 0 aliphatic heterocycles. The van der Waals surface area contributed by atoms with Gasteiger partial charge >= 0.3 is 0 Å². The quantitative estimate of drug-likeness (QED) is 0.819. The van der Waals surface area contributed by atoms with Crippen LogP contribution in [0, 0.1) is 0 Å². The number of benzene rings is 2. The molecule has 0 bridgehead atoms. The van der Waals surface area contributed by atoms with Crippen LogP contribution in [0.3, 0.4) is 0 Å². The first-order valence-corrected chi connectivity index (χ1v) is 9.38. The fourth-order valence-electron chi connectivity index (χ4n) is 1.99. The number of amides is 1. The van der Waals surface area contributed by atoms with Gasteiger partial charge < -0.3 is 5.32 Å². The standard InChI is InChI=1S/C17H19ClN2O3S/c1-3-12(2)19-17(21)15-6-4-5-7-16(15)20-24(22,23)14-10-8-13(18)9-11-14/h4-12,20H,3H2,1-2H3,(H,19,21)/t12-/m1/s1. The molecule has 1 amide bonds. The van der Waals surface area contributed by atoms with E-state index in [2.05, 4.69) is 10.0 Å². The van der Waals surface area contributed by atoms with Gasteiger partial charge in [-0.2, -0.15) is 0 Å². The Kier molecular flexibility index (Phi) is 5.85. The topological polar surface area (TPSA) is 75.3 Å². The van der Waals surface area contributed by atoms with Crippen molar-refractivity contribution in [3.05, 3.63) is 59.1 Å². The third kappa shape index (κ3) is 4.49. The molecule has 128 valence electrons. The van der Waals surface area contributed by atoms with Crippen LogP contribution in [0.25, 0.3) is 0 Å². The van der Waals surface area contributed by atoms with Crippen LogP contribution in [0.4, 0.5) is 5.69 Å². The van der Waals surface area contributed by atoms with Crippen molar-refractivity contribution >= 4 is 33.2 Å². The summed E-state index contributed by atoms with van der Waals surface area (Å²) >= 11 is 5.78. The summed E-state index contributed by atoms with van der Waals surface area (Å²) in [7, 11) is -3.81. The summed E-state index contributed by atoms with van der Waals surface area (Å²) in [5, 5.41) is 3.27. The maximum atomic E-state index is 12.5. The highest BCUT2D eigenvalue weighted by Crippen LogP contribution is 2.21. The largest absolute Gasteiger partial charge is 0.350 e. The first kappa shape index (κ1) is 18.3. The lowest BCUT2D eigenvalue weighted by Crippen LogP contribution is -2.32. The maximum Gasteiger partial charge on any atom is 0.261 e. The van der Waals surface area contributed by atoms with Crippen LogP contribution in [-0.4, -0.2) is 20.4 Å². The summed E-state index contributed by atoms with van der Waals surface area (Å²) in [5.41, 5.74) is 0.503. The molecule has 0 saturated heterocycles. The Balaban J connectivity index is 2.30. The molecular formula is C17H19ClN2O3S. The Morgan fingerprint density at radius 1 is 1.12 bits per heavy atom. The van der Waals surface area contributed by atoms with Crippen LogP contribution in [0.5, 0.6) is 0 Å². The first-order valence-electron chi connectivity index (χ1n) is 7.51. The summed E-state index contributed by atoms with van der Waals surface area (Å²) in [6, 6.07) is 12.3. The summed E-state index contributed by atoms with van der Waals surface area (Å²) < 4.78 is 27.4. The predicted octanol–water partition coefficient (Wildman–Crippen LogP) is 3.67. The molecule has 0 fully saturated rings. The highest BCUT2D eigenvalue weighted by Gasteiger charge is 2.19. The van der Waals surface area contributed by atoms with E-state index in [4.69, 9.17) is 11.6 Å². The molecule has 0 radical (unpaired) electrons. The minimum Gasteiger partial charge on any atom is -0.350 e. The van der Waals surface area contributed by atoms with E-state index in [0.29, 0.717) is 5.02 Å². The molecule has 24 heavy (non-hydrogen) atoms. The molecule has 5 nitrogen and oxygen atoms in total. The second-order valence-corrected chi connectivity index (χ2v) is 7.51. The van der Waals surface area contributed by atoms with Gasteiger partial charge in [-0.15, -0.1) is 0 Å². The van der Waals surface area contributed by atoms with Crippen LogP contribution < -0.4 is 10.0 Å². The molecule has 0 saturated carbocycles. The number of carbonyl (C=O) groups excluding carboxylic acids is 1. The van der Waals surface area contributed by atoms with E-state index < -0.39 is 10.0 Å². The van der Waals surface area contributed by atoms with E-state index in [1.54, 1.807) is 24.3 Å². The zero-order valence-electron chi connectivity index (χ0n) is 13.4. The van der Waals surface area contributed by atoms with Crippen molar-refractivity contribution in [3.63, 3.8) is 0 Å². The first-order chi connectivity index (χ1) is 11.3. The van der Waals surface area contributed by atoms with Crippen LogP contribution in [-0.2, 0) is 10.0 Å². The molecule has 2 N–H and O–H groups in total. The predicted molar refractivity (Wildman–Crippen MR) is 95.9 cm³/mol. The van der Waals surface area contributed by atoms with Crippen LogP contribution in [0.1, 0.15) is 30.6 Å². The highest BCUT2D eigenvalue weighted by molar-refractivity contribution is 7.92. The summed E-state index contributed by atoms with van der Waals surface area (Å²) in [4.78, 5) is 12.4. The van der Waals surface area contributed by atoms with Gasteiger partial charge in [-0.3, -0.25) is 9.52 Å². The van der Waals surface area contributed by atoms with Crippen molar-refractivity contribution in [1.82, 2.24) is 5.32 Å². The van der Waals surface area contributed by atoms with E-state index in [1.165, 1.54) is 24.3 Å². The van der Waals surface area contributed by atoms with Crippen LogP contribution in [0.2, 0.25) is 5.02 Å². The van der Waals surface area contributed by atoms with E-state index >= 15 is 0 Å². The van der Waals surface area contributed by atoms with Crippen molar-refractivity contribution in [1.29, 1.82) is 0 Å². The second kappa shape index (κ2) is 7.68. The lowest BCUT2D eigenvalue weighted by molar-refractivity contribution is 0.0940. The number of carbonyl (C=O) groups is 1. The minimum absolute atomic E-state index is 0.00146. The van der Waals surface area contributed by atoms with Crippen molar-refractivity contribution in [2.24, 2.45) is 0 Å². The molecule has 0 unspecified atom stereocenters. The van der Waals surface area contributed by atoms with Crippen molar-refractivity contribution in [2.75, 3.05) is 4.72 Å². The lowest BCUT2D eigenvalue weighted by atomic mass is 10.1. The fraction of sp³-hybridized carbons (Fsp3) is 0.235. The zero-order chi connectivity index (χ0) is 17.7. The van der Waals surface area contributed by atoms with E-state index in [9.17, 15) is 13.2 Å². The molecular weight excluding hydrogens is 348 g/mol. The minimum atomic E-state index is -3.81. The Labute approximate surface area is 147 Å². The van der Waals surface area contributed by atoms with Gasteiger partial charge in [0.25, 0.3) is 15.9 Å². The lowest BCUT2D eigenvalue weighted by Gasteiger charge is -2.15. The number of hydrogen-bond donors (Lipinski definition) is 2. The molecule has 2 rings (SSSR count). The SMILES string of the molecule is CC[C@@H](C)NC(=O)c1ccccc1NS(=O)(=O)c1ccc(Cl)cc1. The van der Waals surface area contributed by atoms with Crippen molar-refractivity contribution in [2.45, 2.75) is 31.2 Å². The van der Waals surface area contributed by atoms with E-state index in [0.717, 1.165) is 6.42 Å². The van der Waals surface area contributed by atoms with Gasteiger partial charge in [0.1, 0.15) is 0 Å². The smallest absolute Gasteiger partial charge is 0.261 e. The highest BCUT2D eigenvalue weighted by atomic mass is 35.5. The molecule has 1 atom stereocenters.